The molecule has 128 valence electrons. The molecule has 7 nitrogen and oxygen atoms in total. The van der Waals surface area contributed by atoms with Gasteiger partial charge in [-0.2, -0.15) is 4.68 Å². The highest BCUT2D eigenvalue weighted by atomic mass is 32.2. The van der Waals surface area contributed by atoms with Gasteiger partial charge in [0.05, 0.1) is 11.4 Å². The number of rotatable bonds is 6. The Kier molecular flexibility index (Phi) is 5.68. The Labute approximate surface area is 144 Å². The lowest BCUT2D eigenvalue weighted by Crippen LogP contribution is -2.31. The number of aromatic nitrogens is 4. The number of phenols is 1. The van der Waals surface area contributed by atoms with E-state index in [9.17, 15) is 9.90 Å². The summed E-state index contributed by atoms with van der Waals surface area (Å²) < 4.78 is 1.55. The van der Waals surface area contributed by atoms with Gasteiger partial charge in [-0.25, -0.2) is 0 Å². The van der Waals surface area contributed by atoms with Gasteiger partial charge in [0.25, 0.3) is 0 Å². The first-order valence-corrected chi connectivity index (χ1v) is 9.18. The predicted octanol–water partition coefficient (Wildman–Crippen LogP) is 2.16. The molecule has 24 heavy (non-hydrogen) atoms. The molecule has 1 aliphatic rings. The number of amides is 1. The van der Waals surface area contributed by atoms with Crippen molar-refractivity contribution < 1.29 is 9.90 Å². The molecular weight excluding hydrogens is 326 g/mol. The molecule has 0 radical (unpaired) electrons. The topological polar surface area (TPSA) is 92.9 Å². The Morgan fingerprint density at radius 3 is 2.75 bits per heavy atom. The summed E-state index contributed by atoms with van der Waals surface area (Å²) in [5.74, 6) is 1.09. The van der Waals surface area contributed by atoms with Crippen molar-refractivity contribution in [3.8, 4) is 11.4 Å². The molecule has 1 amide bonds. The maximum atomic E-state index is 12.0. The van der Waals surface area contributed by atoms with Crippen LogP contribution in [0.3, 0.4) is 0 Å². The van der Waals surface area contributed by atoms with Crippen LogP contribution in [0, 0.1) is 5.92 Å². The molecule has 0 saturated heterocycles. The number of hydrogen-bond acceptors (Lipinski definition) is 6. The third-order valence-electron chi connectivity index (χ3n) is 4.18. The molecule has 1 heterocycles. The first-order valence-electron chi connectivity index (χ1n) is 8.19. The molecule has 2 aromatic rings. The minimum absolute atomic E-state index is 0.00540. The van der Waals surface area contributed by atoms with E-state index in [1.54, 1.807) is 28.9 Å². The first-order chi connectivity index (χ1) is 11.7. The van der Waals surface area contributed by atoms with E-state index in [2.05, 4.69) is 20.8 Å². The number of phenolic OH excluding ortho intramolecular Hbond substituents is 1. The fourth-order valence-corrected chi connectivity index (χ4v) is 3.58. The molecule has 1 saturated carbocycles. The van der Waals surface area contributed by atoms with Gasteiger partial charge in [-0.05, 0) is 53.5 Å². The molecule has 2 N–H and O–H groups in total. The third kappa shape index (κ3) is 4.47. The van der Waals surface area contributed by atoms with Crippen molar-refractivity contribution in [3.63, 3.8) is 0 Å². The summed E-state index contributed by atoms with van der Waals surface area (Å²) in [5, 5.41) is 24.5. The summed E-state index contributed by atoms with van der Waals surface area (Å²) in [7, 11) is 0. The van der Waals surface area contributed by atoms with Gasteiger partial charge in [0, 0.05) is 6.54 Å². The standard InChI is InChI=1S/C16H21N5O2S/c22-14-8-6-13(7-9-14)21-16(18-19-20-21)24-11-15(23)17-10-12-4-2-1-3-5-12/h6-9,12,22H,1-5,10-11H2,(H,17,23). The van der Waals surface area contributed by atoms with Gasteiger partial charge >= 0.3 is 0 Å². The lowest BCUT2D eigenvalue weighted by molar-refractivity contribution is -0.118. The van der Waals surface area contributed by atoms with Crippen LogP contribution in [0.15, 0.2) is 29.4 Å². The fraction of sp³-hybridized carbons (Fsp3) is 0.500. The van der Waals surface area contributed by atoms with E-state index < -0.39 is 0 Å². The quantitative estimate of drug-likeness (QED) is 0.778. The zero-order valence-electron chi connectivity index (χ0n) is 13.4. The number of carbonyl (C=O) groups is 1. The van der Waals surface area contributed by atoms with Crippen LogP contribution in [0.25, 0.3) is 5.69 Å². The average molecular weight is 347 g/mol. The molecule has 0 aliphatic heterocycles. The lowest BCUT2D eigenvalue weighted by atomic mass is 9.89. The molecule has 0 atom stereocenters. The summed E-state index contributed by atoms with van der Waals surface area (Å²) >= 11 is 1.30. The highest BCUT2D eigenvalue weighted by Crippen LogP contribution is 2.23. The SMILES string of the molecule is O=C(CSc1nnnn1-c1ccc(O)cc1)NCC1CCCCC1. The van der Waals surface area contributed by atoms with E-state index in [-0.39, 0.29) is 17.4 Å². The van der Waals surface area contributed by atoms with E-state index in [4.69, 9.17) is 0 Å². The normalized spacial score (nSPS) is 15.3. The number of benzene rings is 1. The van der Waals surface area contributed by atoms with Crippen LogP contribution in [0.1, 0.15) is 32.1 Å². The van der Waals surface area contributed by atoms with Gasteiger partial charge in [0.2, 0.25) is 11.1 Å². The lowest BCUT2D eigenvalue weighted by Gasteiger charge is -2.21. The van der Waals surface area contributed by atoms with Crippen LogP contribution in [0.5, 0.6) is 5.75 Å². The van der Waals surface area contributed by atoms with E-state index in [1.807, 2.05) is 0 Å². The summed E-state index contributed by atoms with van der Waals surface area (Å²) in [6.45, 7) is 0.766. The summed E-state index contributed by atoms with van der Waals surface area (Å²) in [4.78, 5) is 12.0. The number of tetrazole rings is 1. The molecule has 0 unspecified atom stereocenters. The average Bonchev–Trinajstić information content (AvgIpc) is 3.08. The Balaban J connectivity index is 1.50. The van der Waals surface area contributed by atoms with E-state index in [1.165, 1.54) is 43.9 Å². The van der Waals surface area contributed by atoms with Gasteiger partial charge < -0.3 is 10.4 Å². The van der Waals surface area contributed by atoms with Gasteiger partial charge in [-0.15, -0.1) is 5.10 Å². The van der Waals surface area contributed by atoms with Crippen LogP contribution in [0.4, 0.5) is 0 Å². The van der Waals surface area contributed by atoms with Crippen LogP contribution >= 0.6 is 11.8 Å². The second-order valence-corrected chi connectivity index (χ2v) is 6.93. The van der Waals surface area contributed by atoms with E-state index >= 15 is 0 Å². The fourth-order valence-electron chi connectivity index (χ4n) is 2.86. The Bertz CT molecular complexity index is 667. The zero-order valence-corrected chi connectivity index (χ0v) is 14.2. The van der Waals surface area contributed by atoms with Crippen molar-refractivity contribution >= 4 is 17.7 Å². The largest absolute Gasteiger partial charge is 0.508 e. The maximum Gasteiger partial charge on any atom is 0.230 e. The number of nitrogens with zero attached hydrogens (tertiary/aromatic N) is 4. The highest BCUT2D eigenvalue weighted by Gasteiger charge is 2.15. The van der Waals surface area contributed by atoms with Crippen molar-refractivity contribution in [1.29, 1.82) is 0 Å². The number of hydrogen-bond donors (Lipinski definition) is 2. The third-order valence-corrected chi connectivity index (χ3v) is 5.10. The van der Waals surface area contributed by atoms with Crippen molar-refractivity contribution in [3.05, 3.63) is 24.3 Å². The Morgan fingerprint density at radius 2 is 2.00 bits per heavy atom. The van der Waals surface area contributed by atoms with Crippen LogP contribution < -0.4 is 5.32 Å². The second kappa shape index (κ2) is 8.14. The molecule has 1 aromatic heterocycles. The molecule has 0 bridgehead atoms. The predicted molar refractivity (Wildman–Crippen MR) is 91.1 cm³/mol. The minimum Gasteiger partial charge on any atom is -0.508 e. The molecule has 1 aromatic carbocycles. The molecule has 1 fully saturated rings. The summed E-state index contributed by atoms with van der Waals surface area (Å²) in [5.41, 5.74) is 0.739. The van der Waals surface area contributed by atoms with Gasteiger partial charge in [-0.1, -0.05) is 31.0 Å². The summed E-state index contributed by atoms with van der Waals surface area (Å²) in [6, 6.07) is 6.59. The molecule has 3 rings (SSSR count). The van der Waals surface area contributed by atoms with Crippen molar-refractivity contribution in [2.75, 3.05) is 12.3 Å². The van der Waals surface area contributed by atoms with Gasteiger partial charge in [0.1, 0.15) is 5.75 Å². The van der Waals surface area contributed by atoms with Crippen molar-refractivity contribution in [2.24, 2.45) is 5.92 Å². The molecule has 1 aliphatic carbocycles. The smallest absolute Gasteiger partial charge is 0.230 e. The monoisotopic (exact) mass is 347 g/mol. The molecular formula is C16H21N5O2S. The zero-order chi connectivity index (χ0) is 16.8. The number of aromatic hydroxyl groups is 1. The Hall–Kier alpha value is -2.09. The molecule has 8 heteroatoms. The summed E-state index contributed by atoms with van der Waals surface area (Å²) in [6.07, 6.45) is 6.30. The van der Waals surface area contributed by atoms with Crippen LogP contribution in [0.2, 0.25) is 0 Å². The second-order valence-electron chi connectivity index (χ2n) is 5.99. The number of carbonyl (C=O) groups excluding carboxylic acids is 1. The van der Waals surface area contributed by atoms with Gasteiger partial charge in [0.15, 0.2) is 0 Å². The van der Waals surface area contributed by atoms with E-state index in [0.717, 1.165) is 12.2 Å². The van der Waals surface area contributed by atoms with Gasteiger partial charge in [-0.3, -0.25) is 4.79 Å². The maximum absolute atomic E-state index is 12.0. The molecule has 0 spiro atoms. The minimum atomic E-state index is 0.00540. The highest BCUT2D eigenvalue weighted by molar-refractivity contribution is 7.99. The van der Waals surface area contributed by atoms with Crippen molar-refractivity contribution in [1.82, 2.24) is 25.5 Å². The number of thioether (sulfide) groups is 1. The first kappa shape index (κ1) is 16.8. The van der Waals surface area contributed by atoms with Crippen LogP contribution in [-0.4, -0.2) is 43.5 Å². The van der Waals surface area contributed by atoms with Crippen LogP contribution in [-0.2, 0) is 4.79 Å². The van der Waals surface area contributed by atoms with Crippen molar-refractivity contribution in [2.45, 2.75) is 37.3 Å². The van der Waals surface area contributed by atoms with E-state index in [0.29, 0.717) is 11.1 Å². The number of nitrogens with one attached hydrogen (secondary N) is 1. The Morgan fingerprint density at radius 1 is 1.25 bits per heavy atom.